The normalized spacial score (nSPS) is 9.22. The maximum Gasteiger partial charge on any atom is 0.145 e. The third kappa shape index (κ3) is 2.40. The lowest BCUT2D eigenvalue weighted by atomic mass is 10.2. The van der Waals surface area contributed by atoms with Crippen LogP contribution in [0.5, 0.6) is 11.5 Å². The minimum Gasteiger partial charge on any atom is -0.456 e. The Bertz CT molecular complexity index is 648. The fourth-order valence-electron chi connectivity index (χ4n) is 1.45. The number of hydrogen-bond acceptors (Lipinski definition) is 4. The number of ether oxygens (including phenoxy) is 1. The molecule has 0 saturated carbocycles. The average Bonchev–Trinajstić information content (AvgIpc) is 2.41. The van der Waals surface area contributed by atoms with Gasteiger partial charge in [0.15, 0.2) is 0 Å². The second-order valence-corrected chi connectivity index (χ2v) is 3.61. The van der Waals surface area contributed by atoms with Crippen LogP contribution in [-0.2, 0) is 0 Å². The molecule has 0 heterocycles. The highest BCUT2D eigenvalue weighted by molar-refractivity contribution is 5.54. The van der Waals surface area contributed by atoms with Crippen molar-refractivity contribution >= 4 is 5.69 Å². The molecule has 0 radical (unpaired) electrons. The minimum atomic E-state index is 0.374. The van der Waals surface area contributed by atoms with Crippen molar-refractivity contribution in [1.82, 2.24) is 0 Å². The standard InChI is InChI=1S/C14H9N3O/c15-8-10-1-4-13(5-2-10)18-14-6-3-12(17)7-11(14)9-16/h1-7H,17H2. The molecule has 4 nitrogen and oxygen atoms in total. The molecule has 0 aliphatic rings. The Kier molecular flexibility index (Phi) is 3.13. The van der Waals surface area contributed by atoms with E-state index in [1.807, 2.05) is 12.1 Å². The van der Waals surface area contributed by atoms with Crippen molar-refractivity contribution in [2.75, 3.05) is 5.73 Å². The number of nitrogens with two attached hydrogens (primary N) is 1. The zero-order valence-corrected chi connectivity index (χ0v) is 9.42. The maximum absolute atomic E-state index is 8.97. The van der Waals surface area contributed by atoms with E-state index in [0.717, 1.165) is 0 Å². The molecule has 0 aliphatic heterocycles. The summed E-state index contributed by atoms with van der Waals surface area (Å²) in [5, 5.41) is 17.7. The molecule has 4 heteroatoms. The van der Waals surface area contributed by atoms with Crippen molar-refractivity contribution in [1.29, 1.82) is 10.5 Å². The van der Waals surface area contributed by atoms with Gasteiger partial charge in [0.2, 0.25) is 0 Å². The number of nitriles is 2. The van der Waals surface area contributed by atoms with Crippen LogP contribution >= 0.6 is 0 Å². The van der Waals surface area contributed by atoms with E-state index in [4.69, 9.17) is 21.0 Å². The van der Waals surface area contributed by atoms with Crippen molar-refractivity contribution in [3.8, 4) is 23.6 Å². The fourth-order valence-corrected chi connectivity index (χ4v) is 1.45. The molecule has 0 amide bonds. The summed E-state index contributed by atoms with van der Waals surface area (Å²) in [6, 6.07) is 15.6. The third-order valence-corrected chi connectivity index (χ3v) is 2.34. The number of nitrogens with zero attached hydrogens (tertiary/aromatic N) is 2. The molecular formula is C14H9N3O. The van der Waals surface area contributed by atoms with Gasteiger partial charge in [0.1, 0.15) is 17.6 Å². The van der Waals surface area contributed by atoms with Crippen LogP contribution in [0.25, 0.3) is 0 Å². The summed E-state index contributed by atoms with van der Waals surface area (Å²) in [6.45, 7) is 0. The summed E-state index contributed by atoms with van der Waals surface area (Å²) < 4.78 is 5.57. The van der Waals surface area contributed by atoms with E-state index in [1.165, 1.54) is 0 Å². The van der Waals surface area contributed by atoms with Gasteiger partial charge in [-0.05, 0) is 42.5 Å². The van der Waals surface area contributed by atoms with E-state index in [9.17, 15) is 0 Å². The van der Waals surface area contributed by atoms with Crippen molar-refractivity contribution in [3.63, 3.8) is 0 Å². The van der Waals surface area contributed by atoms with Gasteiger partial charge in [0.25, 0.3) is 0 Å². The van der Waals surface area contributed by atoms with Crippen molar-refractivity contribution in [2.45, 2.75) is 0 Å². The van der Waals surface area contributed by atoms with Gasteiger partial charge >= 0.3 is 0 Å². The van der Waals surface area contributed by atoms with Crippen molar-refractivity contribution < 1.29 is 4.74 Å². The zero-order valence-electron chi connectivity index (χ0n) is 9.42. The number of nitrogen functional groups attached to an aromatic ring is 1. The predicted octanol–water partition coefficient (Wildman–Crippen LogP) is 2.80. The van der Waals surface area contributed by atoms with Gasteiger partial charge in [-0.3, -0.25) is 0 Å². The van der Waals surface area contributed by atoms with Crippen LogP contribution in [-0.4, -0.2) is 0 Å². The highest BCUT2D eigenvalue weighted by atomic mass is 16.5. The van der Waals surface area contributed by atoms with Crippen molar-refractivity contribution in [2.24, 2.45) is 0 Å². The summed E-state index contributed by atoms with van der Waals surface area (Å²) in [4.78, 5) is 0. The first kappa shape index (κ1) is 11.5. The van der Waals surface area contributed by atoms with Crippen LogP contribution in [0.15, 0.2) is 42.5 Å². The number of hydrogen-bond donors (Lipinski definition) is 1. The third-order valence-electron chi connectivity index (χ3n) is 2.34. The molecule has 0 aliphatic carbocycles. The molecule has 86 valence electrons. The lowest BCUT2D eigenvalue weighted by Crippen LogP contribution is -1.91. The Morgan fingerprint density at radius 3 is 2.28 bits per heavy atom. The molecule has 0 atom stereocenters. The molecule has 0 saturated heterocycles. The van der Waals surface area contributed by atoms with Gasteiger partial charge in [0.05, 0.1) is 17.2 Å². The Hall–Kier alpha value is -2.98. The summed E-state index contributed by atoms with van der Waals surface area (Å²) >= 11 is 0. The van der Waals surface area contributed by atoms with E-state index in [1.54, 1.807) is 42.5 Å². The fraction of sp³-hybridized carbons (Fsp3) is 0. The molecule has 2 N–H and O–H groups in total. The average molecular weight is 235 g/mol. The molecule has 0 fully saturated rings. The number of anilines is 1. The highest BCUT2D eigenvalue weighted by Crippen LogP contribution is 2.26. The van der Waals surface area contributed by atoms with Gasteiger partial charge in [0, 0.05) is 5.69 Å². The van der Waals surface area contributed by atoms with Gasteiger partial charge in [-0.15, -0.1) is 0 Å². The second-order valence-electron chi connectivity index (χ2n) is 3.61. The maximum atomic E-state index is 8.97. The van der Waals surface area contributed by atoms with Crippen molar-refractivity contribution in [3.05, 3.63) is 53.6 Å². The van der Waals surface area contributed by atoms with Crippen LogP contribution in [0.1, 0.15) is 11.1 Å². The van der Waals surface area contributed by atoms with Crippen LogP contribution in [0, 0.1) is 22.7 Å². The van der Waals surface area contributed by atoms with E-state index in [0.29, 0.717) is 28.3 Å². The molecule has 0 bridgehead atoms. The van der Waals surface area contributed by atoms with Crippen LogP contribution in [0.2, 0.25) is 0 Å². The quantitative estimate of drug-likeness (QED) is 0.811. The Balaban J connectivity index is 2.29. The smallest absolute Gasteiger partial charge is 0.145 e. The Morgan fingerprint density at radius 2 is 1.67 bits per heavy atom. The molecular weight excluding hydrogens is 226 g/mol. The zero-order chi connectivity index (χ0) is 13.0. The van der Waals surface area contributed by atoms with Gasteiger partial charge in [-0.25, -0.2) is 0 Å². The summed E-state index contributed by atoms with van der Waals surface area (Å²) in [7, 11) is 0. The van der Waals surface area contributed by atoms with Crippen LogP contribution < -0.4 is 10.5 Å². The summed E-state index contributed by atoms with van der Waals surface area (Å²) in [6.07, 6.45) is 0. The topological polar surface area (TPSA) is 82.8 Å². The molecule has 0 unspecified atom stereocenters. The van der Waals surface area contributed by atoms with E-state index < -0.39 is 0 Å². The largest absolute Gasteiger partial charge is 0.456 e. The lowest BCUT2D eigenvalue weighted by Gasteiger charge is -2.07. The first-order chi connectivity index (χ1) is 8.72. The first-order valence-corrected chi connectivity index (χ1v) is 5.20. The second kappa shape index (κ2) is 4.90. The molecule has 18 heavy (non-hydrogen) atoms. The highest BCUT2D eigenvalue weighted by Gasteiger charge is 2.05. The summed E-state index contributed by atoms with van der Waals surface area (Å²) in [5.41, 5.74) is 7.03. The molecule has 2 aromatic carbocycles. The van der Waals surface area contributed by atoms with Gasteiger partial charge in [-0.2, -0.15) is 10.5 Å². The molecule has 2 aromatic rings. The monoisotopic (exact) mass is 235 g/mol. The van der Waals surface area contributed by atoms with Gasteiger partial charge < -0.3 is 10.5 Å². The Morgan fingerprint density at radius 1 is 0.944 bits per heavy atom. The molecule has 2 rings (SSSR count). The predicted molar refractivity (Wildman–Crippen MR) is 66.8 cm³/mol. The molecule has 0 aromatic heterocycles. The van der Waals surface area contributed by atoms with Crippen LogP contribution in [0.4, 0.5) is 5.69 Å². The molecule has 0 spiro atoms. The minimum absolute atomic E-state index is 0.374. The number of rotatable bonds is 2. The van der Waals surface area contributed by atoms with E-state index in [2.05, 4.69) is 0 Å². The number of benzene rings is 2. The van der Waals surface area contributed by atoms with E-state index >= 15 is 0 Å². The Labute approximate surface area is 104 Å². The van der Waals surface area contributed by atoms with E-state index in [-0.39, 0.29) is 0 Å². The van der Waals surface area contributed by atoms with Crippen LogP contribution in [0.3, 0.4) is 0 Å². The lowest BCUT2D eigenvalue weighted by molar-refractivity contribution is 0.481. The SMILES string of the molecule is N#Cc1ccc(Oc2ccc(N)cc2C#N)cc1. The summed E-state index contributed by atoms with van der Waals surface area (Å²) in [5.74, 6) is 1.01. The van der Waals surface area contributed by atoms with Gasteiger partial charge in [-0.1, -0.05) is 0 Å². The first-order valence-electron chi connectivity index (χ1n) is 5.20.